The van der Waals surface area contributed by atoms with E-state index in [2.05, 4.69) is 49.2 Å². The van der Waals surface area contributed by atoms with E-state index in [1.807, 2.05) is 6.92 Å². The van der Waals surface area contributed by atoms with Crippen LogP contribution in [0.25, 0.3) is 0 Å². The maximum atomic E-state index is 11.2. The van der Waals surface area contributed by atoms with E-state index < -0.39 is 14.0 Å². The highest BCUT2D eigenvalue weighted by Gasteiger charge is 2.30. The highest BCUT2D eigenvalue weighted by molar-refractivity contribution is 6.88. The Balaban J connectivity index is 2.09. The molecule has 1 saturated heterocycles. The van der Waals surface area contributed by atoms with Gasteiger partial charge in [-0.15, -0.1) is 0 Å². The molecule has 3 atom stereocenters. The van der Waals surface area contributed by atoms with Crippen LogP contribution in [0.4, 0.5) is 0 Å². The van der Waals surface area contributed by atoms with E-state index in [1.165, 1.54) is 10.8 Å². The predicted molar refractivity (Wildman–Crippen MR) is 89.7 cm³/mol. The van der Waals surface area contributed by atoms with Gasteiger partial charge in [0.2, 0.25) is 0 Å². The average molecular weight is 305 g/mol. The van der Waals surface area contributed by atoms with Crippen LogP contribution in [0.5, 0.6) is 0 Å². The lowest BCUT2D eigenvalue weighted by molar-refractivity contribution is -0.143. The molecular weight excluding hydrogens is 278 g/mol. The Kier molecular flexibility index (Phi) is 4.89. The Morgan fingerprint density at radius 2 is 1.90 bits per heavy atom. The van der Waals surface area contributed by atoms with Gasteiger partial charge in [0.05, 0.1) is 14.0 Å². The molecule has 0 aromatic heterocycles. The maximum absolute atomic E-state index is 11.2. The number of aliphatic carboxylic acids is 1. The third-order valence-corrected chi connectivity index (χ3v) is 6.79. The van der Waals surface area contributed by atoms with Gasteiger partial charge >= 0.3 is 5.97 Å². The first-order valence-electron chi connectivity index (χ1n) is 7.85. The van der Waals surface area contributed by atoms with Crippen LogP contribution < -0.4 is 10.5 Å². The second-order valence-electron chi connectivity index (χ2n) is 7.29. The SMILES string of the molecule is CC(C(=O)O)C1CCNC(c2ccc([Si](C)(C)C)cc2)C1. The minimum absolute atomic E-state index is 0.254. The van der Waals surface area contributed by atoms with Crippen LogP contribution in [-0.2, 0) is 4.79 Å². The van der Waals surface area contributed by atoms with Crippen LogP contribution in [0.15, 0.2) is 24.3 Å². The highest BCUT2D eigenvalue weighted by Crippen LogP contribution is 2.31. The van der Waals surface area contributed by atoms with E-state index in [0.717, 1.165) is 19.4 Å². The van der Waals surface area contributed by atoms with Gasteiger partial charge in [0, 0.05) is 6.04 Å². The molecule has 1 heterocycles. The van der Waals surface area contributed by atoms with E-state index in [-0.39, 0.29) is 11.8 Å². The van der Waals surface area contributed by atoms with Gasteiger partial charge in [0.25, 0.3) is 0 Å². The zero-order valence-corrected chi connectivity index (χ0v) is 14.5. The van der Waals surface area contributed by atoms with Crippen molar-refractivity contribution >= 4 is 19.2 Å². The molecule has 4 heteroatoms. The van der Waals surface area contributed by atoms with Crippen LogP contribution in [0.2, 0.25) is 19.6 Å². The molecule has 1 fully saturated rings. The van der Waals surface area contributed by atoms with E-state index in [9.17, 15) is 9.90 Å². The summed E-state index contributed by atoms with van der Waals surface area (Å²) >= 11 is 0. The molecule has 0 saturated carbocycles. The molecule has 1 aliphatic rings. The topological polar surface area (TPSA) is 49.3 Å². The molecule has 2 N–H and O–H groups in total. The summed E-state index contributed by atoms with van der Waals surface area (Å²) in [6, 6.07) is 9.25. The van der Waals surface area contributed by atoms with Crippen molar-refractivity contribution < 1.29 is 9.90 Å². The molecule has 3 unspecified atom stereocenters. The number of rotatable bonds is 4. The summed E-state index contributed by atoms with van der Waals surface area (Å²) in [5.74, 6) is -0.656. The summed E-state index contributed by atoms with van der Waals surface area (Å²) in [5, 5.41) is 14.2. The monoisotopic (exact) mass is 305 g/mol. The number of carbonyl (C=O) groups is 1. The molecule has 116 valence electrons. The smallest absolute Gasteiger partial charge is 0.306 e. The Morgan fingerprint density at radius 3 is 2.43 bits per heavy atom. The Hall–Kier alpha value is -1.13. The van der Waals surface area contributed by atoms with Gasteiger partial charge in [-0.1, -0.05) is 56.0 Å². The van der Waals surface area contributed by atoms with Crippen molar-refractivity contribution in [3.63, 3.8) is 0 Å². The van der Waals surface area contributed by atoms with Crippen molar-refractivity contribution in [1.29, 1.82) is 0 Å². The summed E-state index contributed by atoms with van der Waals surface area (Å²) in [6.45, 7) is 9.80. The van der Waals surface area contributed by atoms with Gasteiger partial charge in [-0.05, 0) is 30.9 Å². The summed E-state index contributed by atoms with van der Waals surface area (Å²) < 4.78 is 0. The lowest BCUT2D eigenvalue weighted by Crippen LogP contribution is -2.38. The molecule has 21 heavy (non-hydrogen) atoms. The van der Waals surface area contributed by atoms with Crippen molar-refractivity contribution in [2.45, 2.75) is 45.4 Å². The zero-order chi connectivity index (χ0) is 15.6. The predicted octanol–water partition coefficient (Wildman–Crippen LogP) is 2.99. The second-order valence-corrected chi connectivity index (χ2v) is 12.4. The van der Waals surface area contributed by atoms with Crippen molar-refractivity contribution in [3.8, 4) is 0 Å². The zero-order valence-electron chi connectivity index (χ0n) is 13.5. The van der Waals surface area contributed by atoms with E-state index in [4.69, 9.17) is 0 Å². The van der Waals surface area contributed by atoms with Gasteiger partial charge in [-0.3, -0.25) is 4.79 Å². The molecule has 1 aliphatic heterocycles. The number of piperidine rings is 1. The van der Waals surface area contributed by atoms with Crippen LogP contribution in [0, 0.1) is 11.8 Å². The minimum atomic E-state index is -1.25. The normalized spacial score (nSPS) is 24.6. The molecule has 0 aliphatic carbocycles. The molecule has 0 amide bonds. The Labute approximate surface area is 128 Å². The van der Waals surface area contributed by atoms with Gasteiger partial charge in [0.1, 0.15) is 0 Å². The second kappa shape index (κ2) is 6.32. The first-order chi connectivity index (χ1) is 9.79. The summed E-state index contributed by atoms with van der Waals surface area (Å²) in [5.41, 5.74) is 1.29. The summed E-state index contributed by atoms with van der Waals surface area (Å²) in [4.78, 5) is 11.2. The molecule has 0 bridgehead atoms. The minimum Gasteiger partial charge on any atom is -0.481 e. The largest absolute Gasteiger partial charge is 0.481 e. The number of hydrogen-bond acceptors (Lipinski definition) is 2. The third kappa shape index (κ3) is 3.95. The van der Waals surface area contributed by atoms with Crippen LogP contribution >= 0.6 is 0 Å². The first kappa shape index (κ1) is 16.2. The molecule has 1 aromatic carbocycles. The van der Waals surface area contributed by atoms with E-state index in [0.29, 0.717) is 6.04 Å². The number of carboxylic acid groups (broad SMARTS) is 1. The van der Waals surface area contributed by atoms with Crippen LogP contribution in [0.3, 0.4) is 0 Å². The lowest BCUT2D eigenvalue weighted by Gasteiger charge is -2.33. The van der Waals surface area contributed by atoms with Crippen LogP contribution in [-0.4, -0.2) is 25.7 Å². The van der Waals surface area contributed by atoms with Crippen molar-refractivity contribution in [1.82, 2.24) is 5.32 Å². The number of carboxylic acids is 1. The van der Waals surface area contributed by atoms with E-state index >= 15 is 0 Å². The van der Waals surface area contributed by atoms with E-state index in [1.54, 1.807) is 0 Å². The molecule has 2 rings (SSSR count). The standard InChI is InChI=1S/C17H27NO2Si/c1-12(17(19)20)14-9-10-18-16(11-14)13-5-7-15(8-6-13)21(2,3)4/h5-8,12,14,16,18H,9-11H2,1-4H3,(H,19,20). The maximum Gasteiger partial charge on any atom is 0.306 e. The Morgan fingerprint density at radius 1 is 1.29 bits per heavy atom. The molecule has 0 spiro atoms. The lowest BCUT2D eigenvalue weighted by atomic mass is 9.81. The molecule has 3 nitrogen and oxygen atoms in total. The van der Waals surface area contributed by atoms with Crippen LogP contribution in [0.1, 0.15) is 31.4 Å². The number of nitrogens with one attached hydrogen (secondary N) is 1. The Bertz CT molecular complexity index is 493. The quantitative estimate of drug-likeness (QED) is 0.841. The van der Waals surface area contributed by atoms with Gasteiger partial charge < -0.3 is 10.4 Å². The van der Waals surface area contributed by atoms with Crippen molar-refractivity contribution in [3.05, 3.63) is 29.8 Å². The first-order valence-corrected chi connectivity index (χ1v) is 11.4. The molecule has 0 radical (unpaired) electrons. The highest BCUT2D eigenvalue weighted by atomic mass is 28.3. The molecule has 1 aromatic rings. The fourth-order valence-electron chi connectivity index (χ4n) is 3.07. The molecular formula is C17H27NO2Si. The summed E-state index contributed by atoms with van der Waals surface area (Å²) in [7, 11) is -1.25. The summed E-state index contributed by atoms with van der Waals surface area (Å²) in [6.07, 6.45) is 1.87. The van der Waals surface area contributed by atoms with Crippen molar-refractivity contribution in [2.24, 2.45) is 11.8 Å². The van der Waals surface area contributed by atoms with Gasteiger partial charge in [-0.25, -0.2) is 0 Å². The fraction of sp³-hybridized carbons (Fsp3) is 0.588. The fourth-order valence-corrected chi connectivity index (χ4v) is 4.24. The number of benzene rings is 1. The number of hydrogen-bond donors (Lipinski definition) is 2. The third-order valence-electron chi connectivity index (χ3n) is 4.72. The van der Waals surface area contributed by atoms with Gasteiger partial charge in [0.15, 0.2) is 0 Å². The average Bonchev–Trinajstić information content (AvgIpc) is 2.46. The van der Waals surface area contributed by atoms with Gasteiger partial charge in [-0.2, -0.15) is 0 Å². The van der Waals surface area contributed by atoms with Crippen molar-refractivity contribution in [2.75, 3.05) is 6.54 Å².